The maximum Gasteiger partial charge on any atom is 0.313 e. The molecule has 0 aromatic heterocycles. The fraction of sp³-hybridized carbons (Fsp3) is 0.872. The number of carbonyl (C=O) groups excluding carboxylic acids is 5. The lowest BCUT2D eigenvalue weighted by molar-refractivity contribution is -0.159. The molecule has 10 nitrogen and oxygen atoms in total. The van der Waals surface area contributed by atoms with Gasteiger partial charge in [0.2, 0.25) is 0 Å². The Morgan fingerprint density at radius 2 is 1.09 bits per heavy atom. The minimum Gasteiger partial charge on any atom is -0.481 e. The number of Topliss-reactive ketones (excluding diaryl/α,β-unsaturated/α-hetero) is 2. The second-order valence-corrected chi connectivity index (χ2v) is 19.6. The molecule has 57 heavy (non-hydrogen) atoms. The summed E-state index contributed by atoms with van der Waals surface area (Å²) in [6.07, 6.45) is 12.3. The lowest BCUT2D eigenvalue weighted by atomic mass is 9.64. The van der Waals surface area contributed by atoms with Crippen molar-refractivity contribution in [2.24, 2.45) is 44.3 Å². The van der Waals surface area contributed by atoms with Crippen molar-refractivity contribution in [1.82, 2.24) is 0 Å². The summed E-state index contributed by atoms with van der Waals surface area (Å²) in [6.45, 7) is 34.4. The van der Waals surface area contributed by atoms with Crippen LogP contribution in [0.5, 0.6) is 0 Å². The smallest absolute Gasteiger partial charge is 0.313 e. The summed E-state index contributed by atoms with van der Waals surface area (Å²) in [6, 6.07) is 0. The van der Waals surface area contributed by atoms with E-state index in [9.17, 15) is 28.8 Å². The third-order valence-corrected chi connectivity index (χ3v) is 13.6. The second-order valence-electron chi connectivity index (χ2n) is 19.6. The van der Waals surface area contributed by atoms with Crippen molar-refractivity contribution in [2.45, 2.75) is 201 Å². The van der Waals surface area contributed by atoms with Crippen LogP contribution in [0.15, 0.2) is 0 Å². The Morgan fingerprint density at radius 1 is 0.632 bits per heavy atom. The van der Waals surface area contributed by atoms with Crippen molar-refractivity contribution in [3.63, 3.8) is 0 Å². The number of ether oxygens (including phenoxy) is 3. The Balaban J connectivity index is 0. The minimum absolute atomic E-state index is 0.0162. The Hall–Kier alpha value is -2.78. The molecule has 2 bridgehead atoms. The molecule has 0 aromatic rings. The van der Waals surface area contributed by atoms with Crippen LogP contribution in [-0.2, 0) is 43.0 Å². The van der Waals surface area contributed by atoms with Gasteiger partial charge in [-0.1, -0.05) is 88.5 Å². The predicted octanol–water partition coefficient (Wildman–Crippen LogP) is 11.4. The number of carboxylic acids is 1. The van der Waals surface area contributed by atoms with E-state index in [0.29, 0.717) is 42.0 Å². The maximum absolute atomic E-state index is 12.5. The molecule has 2 rings (SSSR count). The quantitative estimate of drug-likeness (QED) is 0.0544. The number of aliphatic carboxylic acids is 1. The molecule has 0 saturated heterocycles. The third kappa shape index (κ3) is 18.8. The molecule has 3 unspecified atom stereocenters. The number of ketones is 2. The molecular formula is C47H86O10. The van der Waals surface area contributed by atoms with Crippen LogP contribution < -0.4 is 0 Å². The van der Waals surface area contributed by atoms with E-state index < -0.39 is 22.8 Å². The number of unbranched alkanes of at least 4 members (excludes halogenated alkanes) is 3. The molecule has 2 fully saturated rings. The lowest BCUT2D eigenvalue weighted by Crippen LogP contribution is -2.35. The molecule has 0 amide bonds. The monoisotopic (exact) mass is 811 g/mol. The fourth-order valence-corrected chi connectivity index (χ4v) is 6.44. The van der Waals surface area contributed by atoms with E-state index in [1.165, 1.54) is 39.0 Å². The van der Waals surface area contributed by atoms with E-state index in [4.69, 9.17) is 19.3 Å². The van der Waals surface area contributed by atoms with Crippen molar-refractivity contribution >= 4 is 35.4 Å². The first kappa shape index (κ1) is 56.3. The summed E-state index contributed by atoms with van der Waals surface area (Å²) < 4.78 is 14.9. The number of carbonyl (C=O) groups is 6. The molecule has 0 radical (unpaired) electrons. The van der Waals surface area contributed by atoms with E-state index in [2.05, 4.69) is 48.5 Å². The molecule has 10 heteroatoms. The molecule has 0 heterocycles. The number of carboxylic acid groups (broad SMARTS) is 1. The predicted molar refractivity (Wildman–Crippen MR) is 229 cm³/mol. The van der Waals surface area contributed by atoms with Crippen LogP contribution in [0.2, 0.25) is 0 Å². The highest BCUT2D eigenvalue weighted by atomic mass is 16.6. The molecule has 0 aromatic carbocycles. The van der Waals surface area contributed by atoms with Gasteiger partial charge in [-0.25, -0.2) is 0 Å². The first-order valence-electron chi connectivity index (χ1n) is 21.8. The normalized spacial score (nSPS) is 19.7. The van der Waals surface area contributed by atoms with Crippen molar-refractivity contribution in [3.05, 3.63) is 0 Å². The summed E-state index contributed by atoms with van der Waals surface area (Å²) in [4.78, 5) is 67.3. The maximum atomic E-state index is 12.5. The number of fused-ring (bicyclic) bond motifs is 2. The molecule has 2 aliphatic carbocycles. The Morgan fingerprint density at radius 3 is 1.44 bits per heavy atom. The first-order valence-corrected chi connectivity index (χ1v) is 21.8. The van der Waals surface area contributed by atoms with Crippen LogP contribution in [-0.4, -0.2) is 60.4 Å². The van der Waals surface area contributed by atoms with Gasteiger partial charge in [0, 0.05) is 11.8 Å². The van der Waals surface area contributed by atoms with E-state index in [-0.39, 0.29) is 48.2 Å². The Bertz CT molecular complexity index is 1270. The van der Waals surface area contributed by atoms with Gasteiger partial charge in [-0.15, -0.1) is 0 Å². The number of esters is 3. The highest BCUT2D eigenvalue weighted by Gasteiger charge is 2.61. The van der Waals surface area contributed by atoms with Gasteiger partial charge in [-0.3, -0.25) is 28.8 Å². The molecule has 3 atom stereocenters. The van der Waals surface area contributed by atoms with Crippen molar-refractivity contribution in [1.29, 1.82) is 0 Å². The summed E-state index contributed by atoms with van der Waals surface area (Å²) in [5.74, 6) is 0.0238. The average Bonchev–Trinajstić information content (AvgIpc) is 3.47. The summed E-state index contributed by atoms with van der Waals surface area (Å²) in [5.41, 5.74) is -0.665. The van der Waals surface area contributed by atoms with Gasteiger partial charge in [0.1, 0.15) is 31.2 Å². The standard InChI is InChI=1S/C17H30O.C12H20O5.C12H24O2.C6H12O2/c1-7-15(2,3)14(18)11-13-10-12-8-9-17(13,6)16(12,4)5;1-5-12(3,4)11(15)17-7-6-16-10(14)8-9(2)13;1-5-7-8-9-10-14-11(13)12(3,4)6-2;1-4-6(2,3)5(7)8/h12-13H,7-11H2,1-6H3;5-8H2,1-4H3;5-10H2,1-4H3;4H2,1-3H3,(H,7,8). The molecule has 2 aliphatic rings. The van der Waals surface area contributed by atoms with Crippen molar-refractivity contribution in [2.75, 3.05) is 19.8 Å². The number of rotatable bonds is 20. The Labute approximate surface area is 348 Å². The van der Waals surface area contributed by atoms with E-state index in [1.54, 1.807) is 27.7 Å². The molecule has 0 spiro atoms. The van der Waals surface area contributed by atoms with Gasteiger partial charge in [-0.05, 0) is 122 Å². The first-order chi connectivity index (χ1) is 26.0. The minimum atomic E-state index is -0.722. The van der Waals surface area contributed by atoms with Crippen LogP contribution in [0.1, 0.15) is 201 Å². The third-order valence-electron chi connectivity index (χ3n) is 13.6. The molecule has 2 saturated carbocycles. The van der Waals surface area contributed by atoms with E-state index >= 15 is 0 Å². The summed E-state index contributed by atoms with van der Waals surface area (Å²) in [7, 11) is 0. The van der Waals surface area contributed by atoms with Crippen molar-refractivity contribution in [3.8, 4) is 0 Å². The zero-order valence-corrected chi connectivity index (χ0v) is 39.6. The zero-order chi connectivity index (χ0) is 45.1. The fourth-order valence-electron chi connectivity index (χ4n) is 6.44. The van der Waals surface area contributed by atoms with Gasteiger partial charge < -0.3 is 19.3 Å². The van der Waals surface area contributed by atoms with Gasteiger partial charge in [0.05, 0.1) is 22.9 Å². The number of hydrogen-bond donors (Lipinski definition) is 1. The van der Waals surface area contributed by atoms with Gasteiger partial charge >= 0.3 is 23.9 Å². The van der Waals surface area contributed by atoms with E-state index in [0.717, 1.165) is 38.0 Å². The van der Waals surface area contributed by atoms with Gasteiger partial charge in [-0.2, -0.15) is 0 Å². The average molecular weight is 811 g/mol. The largest absolute Gasteiger partial charge is 0.481 e. The van der Waals surface area contributed by atoms with Crippen LogP contribution in [0, 0.1) is 44.3 Å². The van der Waals surface area contributed by atoms with Crippen LogP contribution in [0.3, 0.4) is 0 Å². The lowest BCUT2D eigenvalue weighted by Gasteiger charge is -2.40. The van der Waals surface area contributed by atoms with Crippen LogP contribution in [0.25, 0.3) is 0 Å². The zero-order valence-electron chi connectivity index (χ0n) is 39.6. The van der Waals surface area contributed by atoms with Crippen LogP contribution in [0.4, 0.5) is 0 Å². The number of hydrogen-bond acceptors (Lipinski definition) is 9. The summed E-state index contributed by atoms with van der Waals surface area (Å²) >= 11 is 0. The Kier molecular flexibility index (Phi) is 24.7. The SMILES string of the molecule is CCC(C)(C)C(=O)CC1CC2CCC1(C)C2(C)C.CCC(C)(C)C(=O)O.CCC(C)(C)C(=O)OCCOC(=O)CC(C)=O.CCCCCCOC(=O)C(C)(C)CC. The molecule has 334 valence electrons. The van der Waals surface area contributed by atoms with E-state index in [1.807, 2.05) is 34.6 Å². The van der Waals surface area contributed by atoms with Gasteiger partial charge in [0.25, 0.3) is 0 Å². The molecule has 0 aliphatic heterocycles. The van der Waals surface area contributed by atoms with Gasteiger partial charge in [0.15, 0.2) is 0 Å². The molecular weight excluding hydrogens is 725 g/mol. The van der Waals surface area contributed by atoms with Crippen molar-refractivity contribution < 1.29 is 48.1 Å². The highest BCUT2D eigenvalue weighted by molar-refractivity contribution is 5.94. The highest BCUT2D eigenvalue weighted by Crippen LogP contribution is 2.69. The van der Waals surface area contributed by atoms with Crippen LogP contribution >= 0.6 is 0 Å². The molecule has 1 N–H and O–H groups in total. The second kappa shape index (κ2) is 25.0. The topological polar surface area (TPSA) is 150 Å². The summed E-state index contributed by atoms with van der Waals surface area (Å²) in [5, 5.41) is 8.44.